The number of anilines is 1. The second-order valence-corrected chi connectivity index (χ2v) is 4.71. The van der Waals surface area contributed by atoms with Crippen LogP contribution < -0.4 is 10.2 Å². The van der Waals surface area contributed by atoms with Crippen molar-refractivity contribution in [2.75, 3.05) is 4.90 Å². The fraction of sp³-hybridized carbons (Fsp3) is 0.182. The summed E-state index contributed by atoms with van der Waals surface area (Å²) >= 11 is 11.7. The van der Waals surface area contributed by atoms with E-state index in [2.05, 4.69) is 5.32 Å². The molecule has 1 heterocycles. The summed E-state index contributed by atoms with van der Waals surface area (Å²) in [5, 5.41) is 11.4. The number of amides is 3. The molecule has 1 unspecified atom stereocenters. The van der Waals surface area contributed by atoms with Gasteiger partial charge in [0.2, 0.25) is 0 Å². The lowest BCUT2D eigenvalue weighted by Crippen LogP contribution is -2.32. The van der Waals surface area contributed by atoms with E-state index in [1.165, 1.54) is 18.2 Å². The highest BCUT2D eigenvalue weighted by atomic mass is 35.5. The molecule has 2 rings (SSSR count). The van der Waals surface area contributed by atoms with Gasteiger partial charge in [0.15, 0.2) is 0 Å². The van der Waals surface area contributed by atoms with Crippen molar-refractivity contribution in [3.05, 3.63) is 28.2 Å². The average molecular weight is 303 g/mol. The molecule has 0 aromatic heterocycles. The van der Waals surface area contributed by atoms with Crippen molar-refractivity contribution >= 4 is 46.8 Å². The highest BCUT2D eigenvalue weighted by Gasteiger charge is 2.40. The summed E-state index contributed by atoms with van der Waals surface area (Å²) in [5.74, 6) is -1.85. The highest BCUT2D eigenvalue weighted by Crippen LogP contribution is 2.31. The van der Waals surface area contributed by atoms with Crippen LogP contribution in [-0.4, -0.2) is 29.1 Å². The maximum absolute atomic E-state index is 12.0. The lowest BCUT2D eigenvalue weighted by molar-refractivity contribution is -0.139. The van der Waals surface area contributed by atoms with E-state index in [9.17, 15) is 14.4 Å². The standard InChI is InChI=1S/C11H8Cl2N2O4/c12-5-1-2-6(13)8(3-5)15-10(18)7(4-9(16)17)14-11(15)19/h1-3,7H,4H2,(H,14,19)(H,16,17). The number of aliphatic carboxylic acids is 1. The number of urea groups is 1. The normalized spacial score (nSPS) is 18.6. The third kappa shape index (κ3) is 2.64. The topological polar surface area (TPSA) is 86.7 Å². The zero-order chi connectivity index (χ0) is 14.2. The molecule has 1 fully saturated rings. The van der Waals surface area contributed by atoms with E-state index in [0.29, 0.717) is 5.02 Å². The molecule has 2 N–H and O–H groups in total. The molecule has 1 aliphatic heterocycles. The van der Waals surface area contributed by atoms with Crippen LogP contribution in [0.2, 0.25) is 10.0 Å². The Morgan fingerprint density at radius 2 is 2.05 bits per heavy atom. The third-order valence-corrected chi connectivity index (χ3v) is 3.10. The van der Waals surface area contributed by atoms with Crippen molar-refractivity contribution in [3.8, 4) is 0 Å². The highest BCUT2D eigenvalue weighted by molar-refractivity contribution is 6.37. The van der Waals surface area contributed by atoms with Gasteiger partial charge < -0.3 is 10.4 Å². The number of nitrogens with zero attached hydrogens (tertiary/aromatic N) is 1. The predicted octanol–water partition coefficient (Wildman–Crippen LogP) is 1.89. The van der Waals surface area contributed by atoms with Gasteiger partial charge in [-0.25, -0.2) is 9.69 Å². The number of halogens is 2. The Balaban J connectivity index is 2.35. The number of carbonyl (C=O) groups is 3. The van der Waals surface area contributed by atoms with Gasteiger partial charge in [0.1, 0.15) is 6.04 Å². The average Bonchev–Trinajstić information content (AvgIpc) is 2.57. The first kappa shape index (κ1) is 13.6. The second-order valence-electron chi connectivity index (χ2n) is 3.87. The van der Waals surface area contributed by atoms with Crippen LogP contribution in [0.15, 0.2) is 18.2 Å². The molecule has 0 bridgehead atoms. The quantitative estimate of drug-likeness (QED) is 0.835. The predicted molar refractivity (Wildman–Crippen MR) is 68.5 cm³/mol. The molecule has 0 spiro atoms. The molecular weight excluding hydrogens is 295 g/mol. The Morgan fingerprint density at radius 3 is 2.68 bits per heavy atom. The van der Waals surface area contributed by atoms with Gasteiger partial charge in [-0.05, 0) is 18.2 Å². The summed E-state index contributed by atoms with van der Waals surface area (Å²) in [4.78, 5) is 35.1. The molecule has 1 saturated heterocycles. The Bertz CT molecular complexity index is 576. The van der Waals surface area contributed by atoms with Crippen LogP contribution in [0, 0.1) is 0 Å². The molecule has 19 heavy (non-hydrogen) atoms. The van der Waals surface area contributed by atoms with Crippen molar-refractivity contribution in [2.24, 2.45) is 0 Å². The van der Waals surface area contributed by atoms with Crippen molar-refractivity contribution in [3.63, 3.8) is 0 Å². The molecule has 100 valence electrons. The van der Waals surface area contributed by atoms with Crippen LogP contribution in [-0.2, 0) is 9.59 Å². The van der Waals surface area contributed by atoms with Crippen LogP contribution in [0.1, 0.15) is 6.42 Å². The van der Waals surface area contributed by atoms with Crippen LogP contribution in [0.5, 0.6) is 0 Å². The van der Waals surface area contributed by atoms with E-state index in [1.807, 2.05) is 0 Å². The molecule has 0 aliphatic carbocycles. The van der Waals surface area contributed by atoms with Gasteiger partial charge >= 0.3 is 12.0 Å². The molecule has 0 saturated carbocycles. The smallest absolute Gasteiger partial charge is 0.329 e. The largest absolute Gasteiger partial charge is 0.481 e. The number of carboxylic acids is 1. The first-order valence-corrected chi connectivity index (χ1v) is 5.97. The van der Waals surface area contributed by atoms with Gasteiger partial charge in [-0.3, -0.25) is 9.59 Å². The van der Waals surface area contributed by atoms with Crippen LogP contribution >= 0.6 is 23.2 Å². The molecule has 0 radical (unpaired) electrons. The summed E-state index contributed by atoms with van der Waals surface area (Å²) < 4.78 is 0. The minimum Gasteiger partial charge on any atom is -0.481 e. The van der Waals surface area contributed by atoms with E-state index in [1.54, 1.807) is 0 Å². The molecule has 8 heteroatoms. The van der Waals surface area contributed by atoms with Crippen molar-refractivity contribution < 1.29 is 19.5 Å². The number of carboxylic acid groups (broad SMARTS) is 1. The molecule has 3 amide bonds. The van der Waals surface area contributed by atoms with Gasteiger partial charge in [-0.15, -0.1) is 0 Å². The SMILES string of the molecule is O=C(O)CC1NC(=O)N(c2cc(Cl)ccc2Cl)C1=O. The number of nitrogens with one attached hydrogen (secondary N) is 1. The summed E-state index contributed by atoms with van der Waals surface area (Å²) in [6, 6.07) is 2.51. The van der Waals surface area contributed by atoms with Crippen LogP contribution in [0.3, 0.4) is 0 Å². The Morgan fingerprint density at radius 1 is 1.37 bits per heavy atom. The van der Waals surface area contributed by atoms with Gasteiger partial charge in [0.25, 0.3) is 5.91 Å². The minimum absolute atomic E-state index is 0.129. The molecule has 1 aromatic rings. The van der Waals surface area contributed by atoms with E-state index in [0.717, 1.165) is 4.90 Å². The summed E-state index contributed by atoms with van der Waals surface area (Å²) in [5.41, 5.74) is 0.129. The number of imide groups is 1. The first-order chi connectivity index (χ1) is 8.90. The first-order valence-electron chi connectivity index (χ1n) is 5.21. The lowest BCUT2D eigenvalue weighted by Gasteiger charge is -2.14. The van der Waals surface area contributed by atoms with E-state index >= 15 is 0 Å². The number of hydrogen-bond acceptors (Lipinski definition) is 3. The van der Waals surface area contributed by atoms with Crippen LogP contribution in [0.25, 0.3) is 0 Å². The molecule has 1 atom stereocenters. The van der Waals surface area contributed by atoms with Crippen LogP contribution in [0.4, 0.5) is 10.5 Å². The van der Waals surface area contributed by atoms with E-state index < -0.39 is 30.4 Å². The minimum atomic E-state index is -1.18. The van der Waals surface area contributed by atoms with Crippen molar-refractivity contribution in [1.82, 2.24) is 5.32 Å². The van der Waals surface area contributed by atoms with Gasteiger partial charge in [-0.2, -0.15) is 0 Å². The number of rotatable bonds is 3. The van der Waals surface area contributed by atoms with Gasteiger partial charge in [0, 0.05) is 5.02 Å². The molecular formula is C11H8Cl2N2O4. The monoisotopic (exact) mass is 302 g/mol. The van der Waals surface area contributed by atoms with E-state index in [-0.39, 0.29) is 10.7 Å². The number of hydrogen-bond donors (Lipinski definition) is 2. The Labute approximate surface area is 117 Å². The van der Waals surface area contributed by atoms with Crippen molar-refractivity contribution in [2.45, 2.75) is 12.5 Å². The maximum Gasteiger partial charge on any atom is 0.329 e. The zero-order valence-electron chi connectivity index (χ0n) is 9.39. The van der Waals surface area contributed by atoms with Gasteiger partial charge in [-0.1, -0.05) is 23.2 Å². The summed E-state index contributed by atoms with van der Waals surface area (Å²) in [6.45, 7) is 0. The Hall–Kier alpha value is -1.79. The number of carbonyl (C=O) groups excluding carboxylic acids is 2. The molecule has 1 aliphatic rings. The summed E-state index contributed by atoms with van der Waals surface area (Å²) in [6.07, 6.45) is -0.487. The maximum atomic E-state index is 12.0. The third-order valence-electron chi connectivity index (χ3n) is 2.55. The summed E-state index contributed by atoms with van der Waals surface area (Å²) in [7, 11) is 0. The van der Waals surface area contributed by atoms with Gasteiger partial charge in [0.05, 0.1) is 17.1 Å². The molecule has 6 nitrogen and oxygen atoms in total. The Kier molecular flexibility index (Phi) is 3.64. The zero-order valence-corrected chi connectivity index (χ0v) is 10.9. The second kappa shape index (κ2) is 5.07. The fourth-order valence-electron chi connectivity index (χ4n) is 1.73. The van der Waals surface area contributed by atoms with Crippen molar-refractivity contribution in [1.29, 1.82) is 0 Å². The van der Waals surface area contributed by atoms with E-state index in [4.69, 9.17) is 28.3 Å². The molecule has 1 aromatic carbocycles. The fourth-order valence-corrected chi connectivity index (χ4v) is 2.10. The lowest BCUT2D eigenvalue weighted by atomic mass is 10.2. The number of benzene rings is 1.